The Balaban J connectivity index is 1.86. The zero-order valence-corrected chi connectivity index (χ0v) is 15.9. The summed E-state index contributed by atoms with van der Waals surface area (Å²) in [6.07, 6.45) is 0. The SMILES string of the molecule is COc1cccc(N2CCN(S(=O)(=O)c3ccc(C)cc3)[C@H](C)C2=O)c1. The number of nitrogens with zero attached hydrogens (tertiary/aromatic N) is 2. The Morgan fingerprint density at radius 2 is 1.77 bits per heavy atom. The number of anilines is 1. The third-order valence-electron chi connectivity index (χ3n) is 4.59. The van der Waals surface area contributed by atoms with E-state index in [2.05, 4.69) is 0 Å². The maximum absolute atomic E-state index is 12.9. The van der Waals surface area contributed by atoms with Crippen LogP contribution in [0.2, 0.25) is 0 Å². The molecular formula is C19H22N2O4S. The molecule has 0 saturated carbocycles. The molecule has 1 amide bonds. The van der Waals surface area contributed by atoms with Crippen LogP contribution in [0.5, 0.6) is 5.75 Å². The van der Waals surface area contributed by atoms with E-state index in [1.807, 2.05) is 19.1 Å². The third kappa shape index (κ3) is 3.32. The molecule has 0 radical (unpaired) electrons. The van der Waals surface area contributed by atoms with Crippen molar-refractivity contribution in [2.24, 2.45) is 0 Å². The van der Waals surface area contributed by atoms with E-state index < -0.39 is 16.1 Å². The molecular weight excluding hydrogens is 352 g/mol. The van der Waals surface area contributed by atoms with Gasteiger partial charge in [-0.1, -0.05) is 23.8 Å². The number of ether oxygens (including phenoxy) is 1. The van der Waals surface area contributed by atoms with Gasteiger partial charge in [-0.2, -0.15) is 4.31 Å². The second-order valence-corrected chi connectivity index (χ2v) is 8.19. The van der Waals surface area contributed by atoms with Crippen LogP contribution in [0.25, 0.3) is 0 Å². The summed E-state index contributed by atoms with van der Waals surface area (Å²) in [7, 11) is -2.15. The number of rotatable bonds is 4. The molecule has 2 aromatic rings. The van der Waals surface area contributed by atoms with Gasteiger partial charge in [0.2, 0.25) is 15.9 Å². The summed E-state index contributed by atoms with van der Waals surface area (Å²) in [5, 5.41) is 0. The first-order valence-corrected chi connectivity index (χ1v) is 9.82. The van der Waals surface area contributed by atoms with Crippen molar-refractivity contribution in [3.05, 3.63) is 54.1 Å². The predicted octanol–water partition coefficient (Wildman–Crippen LogP) is 2.43. The van der Waals surface area contributed by atoms with E-state index in [9.17, 15) is 13.2 Å². The van der Waals surface area contributed by atoms with E-state index in [0.29, 0.717) is 18.0 Å². The molecule has 1 heterocycles. The Bertz CT molecular complexity index is 909. The van der Waals surface area contributed by atoms with Crippen LogP contribution in [0, 0.1) is 6.92 Å². The number of hydrogen-bond donors (Lipinski definition) is 0. The van der Waals surface area contributed by atoms with Crippen LogP contribution in [0.3, 0.4) is 0 Å². The summed E-state index contributed by atoms with van der Waals surface area (Å²) >= 11 is 0. The summed E-state index contributed by atoms with van der Waals surface area (Å²) in [5.41, 5.74) is 1.68. The highest BCUT2D eigenvalue weighted by molar-refractivity contribution is 7.89. The van der Waals surface area contributed by atoms with E-state index in [1.165, 1.54) is 4.31 Å². The minimum Gasteiger partial charge on any atom is -0.497 e. The van der Waals surface area contributed by atoms with E-state index in [1.54, 1.807) is 55.3 Å². The number of amides is 1. The Kier molecular flexibility index (Phi) is 5.02. The van der Waals surface area contributed by atoms with Crippen LogP contribution < -0.4 is 9.64 Å². The fourth-order valence-corrected chi connectivity index (χ4v) is 4.64. The van der Waals surface area contributed by atoms with Crippen molar-refractivity contribution in [2.45, 2.75) is 24.8 Å². The lowest BCUT2D eigenvalue weighted by Crippen LogP contribution is -2.57. The van der Waals surface area contributed by atoms with Crippen LogP contribution in [0.15, 0.2) is 53.4 Å². The Morgan fingerprint density at radius 3 is 2.42 bits per heavy atom. The van der Waals surface area contributed by atoms with Crippen LogP contribution in [-0.2, 0) is 14.8 Å². The Hall–Kier alpha value is -2.38. The smallest absolute Gasteiger partial charge is 0.245 e. The quantitative estimate of drug-likeness (QED) is 0.824. The van der Waals surface area contributed by atoms with Crippen molar-refractivity contribution in [1.29, 1.82) is 0 Å². The molecule has 0 bridgehead atoms. The summed E-state index contributed by atoms with van der Waals surface area (Å²) in [5.74, 6) is 0.401. The molecule has 0 aromatic heterocycles. The molecule has 1 atom stereocenters. The van der Waals surface area contributed by atoms with E-state index in [-0.39, 0.29) is 17.3 Å². The number of sulfonamides is 1. The van der Waals surface area contributed by atoms with Crippen LogP contribution in [0.4, 0.5) is 5.69 Å². The maximum atomic E-state index is 12.9. The molecule has 1 fully saturated rings. The standard InChI is InChI=1S/C19H22N2O4S/c1-14-7-9-18(10-8-14)26(23,24)21-12-11-20(19(22)15(21)2)16-5-4-6-17(13-16)25-3/h4-10,13,15H,11-12H2,1-3H3/t15-/m1/s1. The van der Waals surface area contributed by atoms with Gasteiger partial charge in [0.05, 0.1) is 12.0 Å². The minimum absolute atomic E-state index is 0.206. The van der Waals surface area contributed by atoms with Gasteiger partial charge in [0.15, 0.2) is 0 Å². The molecule has 26 heavy (non-hydrogen) atoms. The van der Waals surface area contributed by atoms with E-state index >= 15 is 0 Å². The molecule has 2 aromatic carbocycles. The normalized spacial score (nSPS) is 18.8. The zero-order chi connectivity index (χ0) is 18.9. The lowest BCUT2D eigenvalue weighted by molar-refractivity contribution is -0.123. The van der Waals surface area contributed by atoms with E-state index in [4.69, 9.17) is 4.74 Å². The summed E-state index contributed by atoms with van der Waals surface area (Å²) < 4.78 is 32.3. The Morgan fingerprint density at radius 1 is 1.08 bits per heavy atom. The average Bonchev–Trinajstić information content (AvgIpc) is 2.64. The first-order chi connectivity index (χ1) is 12.3. The average molecular weight is 374 g/mol. The topological polar surface area (TPSA) is 66.9 Å². The van der Waals surface area contributed by atoms with Crippen molar-refractivity contribution >= 4 is 21.6 Å². The van der Waals surface area contributed by atoms with Gasteiger partial charge in [-0.15, -0.1) is 0 Å². The van der Waals surface area contributed by atoms with Crippen molar-refractivity contribution < 1.29 is 17.9 Å². The highest BCUT2D eigenvalue weighted by atomic mass is 32.2. The van der Waals surface area contributed by atoms with Crippen molar-refractivity contribution in [3.63, 3.8) is 0 Å². The number of hydrogen-bond acceptors (Lipinski definition) is 4. The molecule has 6 nitrogen and oxygen atoms in total. The maximum Gasteiger partial charge on any atom is 0.245 e. The number of carbonyl (C=O) groups excluding carboxylic acids is 1. The van der Waals surface area contributed by atoms with Gasteiger partial charge in [-0.25, -0.2) is 8.42 Å². The molecule has 0 N–H and O–H groups in total. The third-order valence-corrected chi connectivity index (χ3v) is 6.58. The molecule has 0 unspecified atom stereocenters. The van der Waals surface area contributed by atoms with Gasteiger partial charge in [-0.05, 0) is 38.1 Å². The fraction of sp³-hybridized carbons (Fsp3) is 0.316. The fourth-order valence-electron chi connectivity index (χ4n) is 3.06. The highest BCUT2D eigenvalue weighted by Gasteiger charge is 2.39. The summed E-state index contributed by atoms with van der Waals surface area (Å²) in [6, 6.07) is 13.1. The van der Waals surface area contributed by atoms with Crippen LogP contribution in [-0.4, -0.2) is 44.9 Å². The summed E-state index contributed by atoms with van der Waals surface area (Å²) in [4.78, 5) is 14.7. The van der Waals surface area contributed by atoms with Crippen molar-refractivity contribution in [3.8, 4) is 5.75 Å². The molecule has 1 aliphatic heterocycles. The number of piperazine rings is 1. The number of carbonyl (C=O) groups is 1. The second kappa shape index (κ2) is 7.09. The molecule has 0 spiro atoms. The molecule has 3 rings (SSSR count). The lowest BCUT2D eigenvalue weighted by atomic mass is 10.2. The first kappa shape index (κ1) is 18.4. The summed E-state index contributed by atoms with van der Waals surface area (Å²) in [6.45, 7) is 4.05. The number of methoxy groups -OCH3 is 1. The molecule has 1 saturated heterocycles. The Labute approximate surface area is 154 Å². The van der Waals surface area contributed by atoms with Gasteiger partial charge < -0.3 is 9.64 Å². The largest absolute Gasteiger partial charge is 0.497 e. The van der Waals surface area contributed by atoms with Gasteiger partial charge in [-0.3, -0.25) is 4.79 Å². The minimum atomic E-state index is -3.72. The number of benzene rings is 2. The predicted molar refractivity (Wildman–Crippen MR) is 99.9 cm³/mol. The van der Waals surface area contributed by atoms with Gasteiger partial charge in [0.25, 0.3) is 0 Å². The van der Waals surface area contributed by atoms with Crippen molar-refractivity contribution in [2.75, 3.05) is 25.1 Å². The lowest BCUT2D eigenvalue weighted by Gasteiger charge is -2.38. The van der Waals surface area contributed by atoms with Gasteiger partial charge in [0.1, 0.15) is 11.8 Å². The van der Waals surface area contributed by atoms with E-state index in [0.717, 1.165) is 5.56 Å². The number of aryl methyl sites for hydroxylation is 1. The monoisotopic (exact) mass is 374 g/mol. The molecule has 7 heteroatoms. The van der Waals surface area contributed by atoms with Crippen LogP contribution in [0.1, 0.15) is 12.5 Å². The first-order valence-electron chi connectivity index (χ1n) is 8.38. The highest BCUT2D eigenvalue weighted by Crippen LogP contribution is 2.27. The molecule has 138 valence electrons. The van der Waals surface area contributed by atoms with Gasteiger partial charge in [0, 0.05) is 24.8 Å². The van der Waals surface area contributed by atoms with Crippen molar-refractivity contribution in [1.82, 2.24) is 4.31 Å². The van der Waals surface area contributed by atoms with Gasteiger partial charge >= 0.3 is 0 Å². The van der Waals surface area contributed by atoms with Crippen LogP contribution >= 0.6 is 0 Å². The molecule has 1 aliphatic rings. The zero-order valence-electron chi connectivity index (χ0n) is 15.0. The second-order valence-electron chi connectivity index (χ2n) is 6.30. The molecule has 0 aliphatic carbocycles.